The standard InChI is InChI=1S/C13H20O3/c1-10-7-12(9-14)8-11(2)13(10)16-6-4-5-15-3/h7-8,14H,4-6,9H2,1-3H3. The minimum atomic E-state index is 0.0750. The van der Waals surface area contributed by atoms with Crippen molar-refractivity contribution < 1.29 is 14.6 Å². The molecule has 16 heavy (non-hydrogen) atoms. The summed E-state index contributed by atoms with van der Waals surface area (Å²) in [6.07, 6.45) is 0.886. The van der Waals surface area contributed by atoms with Crippen LogP contribution in [-0.2, 0) is 11.3 Å². The normalized spacial score (nSPS) is 10.5. The van der Waals surface area contributed by atoms with Crippen LogP contribution in [0, 0.1) is 13.8 Å². The Morgan fingerprint density at radius 2 is 1.75 bits per heavy atom. The molecule has 1 aromatic rings. The molecule has 0 unspecified atom stereocenters. The highest BCUT2D eigenvalue weighted by atomic mass is 16.5. The summed E-state index contributed by atoms with van der Waals surface area (Å²) < 4.78 is 10.7. The van der Waals surface area contributed by atoms with E-state index in [-0.39, 0.29) is 6.61 Å². The average molecular weight is 224 g/mol. The molecule has 0 atom stereocenters. The summed E-state index contributed by atoms with van der Waals surface area (Å²) in [5.41, 5.74) is 3.07. The van der Waals surface area contributed by atoms with E-state index in [0.717, 1.165) is 28.9 Å². The molecule has 1 N–H and O–H groups in total. The minimum absolute atomic E-state index is 0.0750. The molecule has 0 radical (unpaired) electrons. The second-order valence-electron chi connectivity index (χ2n) is 3.91. The number of aryl methyl sites for hydroxylation is 2. The number of aliphatic hydroxyl groups is 1. The van der Waals surface area contributed by atoms with Gasteiger partial charge in [0.25, 0.3) is 0 Å². The second-order valence-corrected chi connectivity index (χ2v) is 3.91. The second kappa shape index (κ2) is 6.51. The topological polar surface area (TPSA) is 38.7 Å². The summed E-state index contributed by atoms with van der Waals surface area (Å²) in [6.45, 7) is 5.45. The fourth-order valence-electron chi connectivity index (χ4n) is 1.74. The van der Waals surface area contributed by atoms with Crippen molar-refractivity contribution in [2.24, 2.45) is 0 Å². The zero-order valence-electron chi connectivity index (χ0n) is 10.2. The Kier molecular flexibility index (Phi) is 5.29. The molecule has 0 aromatic heterocycles. The zero-order valence-corrected chi connectivity index (χ0v) is 10.2. The van der Waals surface area contributed by atoms with Gasteiger partial charge < -0.3 is 14.6 Å². The number of methoxy groups -OCH3 is 1. The highest BCUT2D eigenvalue weighted by Crippen LogP contribution is 2.24. The first-order valence-corrected chi connectivity index (χ1v) is 5.51. The van der Waals surface area contributed by atoms with Gasteiger partial charge in [-0.3, -0.25) is 0 Å². The van der Waals surface area contributed by atoms with Gasteiger partial charge in [0, 0.05) is 20.1 Å². The van der Waals surface area contributed by atoms with Crippen LogP contribution in [0.25, 0.3) is 0 Å². The van der Waals surface area contributed by atoms with E-state index in [4.69, 9.17) is 14.6 Å². The molecule has 0 aliphatic rings. The molecule has 3 heteroatoms. The van der Waals surface area contributed by atoms with Crippen molar-refractivity contribution in [3.8, 4) is 5.75 Å². The van der Waals surface area contributed by atoms with Gasteiger partial charge >= 0.3 is 0 Å². The lowest BCUT2D eigenvalue weighted by molar-refractivity contribution is 0.171. The van der Waals surface area contributed by atoms with Gasteiger partial charge in [-0.2, -0.15) is 0 Å². The van der Waals surface area contributed by atoms with Gasteiger partial charge in [0.05, 0.1) is 13.2 Å². The first kappa shape index (κ1) is 13.0. The predicted molar refractivity (Wildman–Crippen MR) is 63.8 cm³/mol. The smallest absolute Gasteiger partial charge is 0.125 e. The Hall–Kier alpha value is -1.06. The SMILES string of the molecule is COCCCOc1c(C)cc(CO)cc1C. The Balaban J connectivity index is 2.65. The van der Waals surface area contributed by atoms with Gasteiger partial charge in [-0.15, -0.1) is 0 Å². The summed E-state index contributed by atoms with van der Waals surface area (Å²) in [5, 5.41) is 9.07. The molecule has 0 saturated carbocycles. The molecule has 0 fully saturated rings. The van der Waals surface area contributed by atoms with Crippen molar-refractivity contribution in [1.29, 1.82) is 0 Å². The van der Waals surface area contributed by atoms with Gasteiger partial charge in [-0.25, -0.2) is 0 Å². The summed E-state index contributed by atoms with van der Waals surface area (Å²) in [7, 11) is 1.69. The third kappa shape index (κ3) is 3.51. The number of ether oxygens (including phenoxy) is 2. The Labute approximate surface area is 97.0 Å². The maximum atomic E-state index is 9.07. The molecule has 3 nitrogen and oxygen atoms in total. The molecule has 0 amide bonds. The maximum absolute atomic E-state index is 9.07. The van der Waals surface area contributed by atoms with Crippen molar-refractivity contribution >= 4 is 0 Å². The summed E-state index contributed by atoms with van der Waals surface area (Å²) in [4.78, 5) is 0. The number of hydrogen-bond donors (Lipinski definition) is 1. The molecule has 90 valence electrons. The van der Waals surface area contributed by atoms with Crippen LogP contribution in [0.5, 0.6) is 5.75 Å². The van der Waals surface area contributed by atoms with Crippen molar-refractivity contribution in [3.05, 3.63) is 28.8 Å². The molecule has 0 heterocycles. The predicted octanol–water partition coefficient (Wildman–Crippen LogP) is 2.21. The fourth-order valence-corrected chi connectivity index (χ4v) is 1.74. The van der Waals surface area contributed by atoms with E-state index >= 15 is 0 Å². The molecule has 0 aliphatic heterocycles. The van der Waals surface area contributed by atoms with E-state index in [9.17, 15) is 0 Å². The van der Waals surface area contributed by atoms with Crippen molar-refractivity contribution in [1.82, 2.24) is 0 Å². The van der Waals surface area contributed by atoms with Gasteiger partial charge in [0.2, 0.25) is 0 Å². The summed E-state index contributed by atoms with van der Waals surface area (Å²) in [5.74, 6) is 0.924. The lowest BCUT2D eigenvalue weighted by Crippen LogP contribution is -2.04. The third-order valence-electron chi connectivity index (χ3n) is 2.44. The van der Waals surface area contributed by atoms with Crippen molar-refractivity contribution in [2.75, 3.05) is 20.3 Å². The monoisotopic (exact) mass is 224 g/mol. The Morgan fingerprint density at radius 3 is 2.25 bits per heavy atom. The molecule has 1 aromatic carbocycles. The molecule has 0 aliphatic carbocycles. The van der Waals surface area contributed by atoms with Gasteiger partial charge in [0.1, 0.15) is 5.75 Å². The molecule has 0 spiro atoms. The number of benzene rings is 1. The number of hydrogen-bond acceptors (Lipinski definition) is 3. The summed E-state index contributed by atoms with van der Waals surface area (Å²) in [6, 6.07) is 3.91. The summed E-state index contributed by atoms with van der Waals surface area (Å²) >= 11 is 0. The van der Waals surface area contributed by atoms with Crippen LogP contribution in [0.15, 0.2) is 12.1 Å². The molecule has 1 rings (SSSR count). The first-order valence-electron chi connectivity index (χ1n) is 5.51. The lowest BCUT2D eigenvalue weighted by Gasteiger charge is -2.13. The van der Waals surface area contributed by atoms with E-state index in [1.807, 2.05) is 26.0 Å². The third-order valence-corrected chi connectivity index (χ3v) is 2.44. The van der Waals surface area contributed by atoms with Crippen LogP contribution in [0.4, 0.5) is 0 Å². The molecular weight excluding hydrogens is 204 g/mol. The lowest BCUT2D eigenvalue weighted by atomic mass is 10.1. The first-order chi connectivity index (χ1) is 7.69. The maximum Gasteiger partial charge on any atom is 0.125 e. The van der Waals surface area contributed by atoms with Gasteiger partial charge in [0.15, 0.2) is 0 Å². The van der Waals surface area contributed by atoms with Gasteiger partial charge in [-0.1, -0.05) is 12.1 Å². The van der Waals surface area contributed by atoms with Crippen LogP contribution in [0.2, 0.25) is 0 Å². The van der Waals surface area contributed by atoms with Crippen LogP contribution < -0.4 is 4.74 Å². The Morgan fingerprint density at radius 1 is 1.12 bits per heavy atom. The molecular formula is C13H20O3. The van der Waals surface area contributed by atoms with Crippen LogP contribution in [0.1, 0.15) is 23.1 Å². The number of rotatable bonds is 6. The minimum Gasteiger partial charge on any atom is -0.493 e. The van der Waals surface area contributed by atoms with E-state index in [1.165, 1.54) is 0 Å². The average Bonchev–Trinajstić information content (AvgIpc) is 2.26. The quantitative estimate of drug-likeness (QED) is 0.753. The van der Waals surface area contributed by atoms with Crippen LogP contribution >= 0.6 is 0 Å². The van der Waals surface area contributed by atoms with E-state index in [0.29, 0.717) is 13.2 Å². The number of aliphatic hydroxyl groups excluding tert-OH is 1. The van der Waals surface area contributed by atoms with Crippen LogP contribution in [-0.4, -0.2) is 25.4 Å². The van der Waals surface area contributed by atoms with E-state index in [2.05, 4.69) is 0 Å². The van der Waals surface area contributed by atoms with Gasteiger partial charge in [-0.05, 0) is 30.5 Å². The highest BCUT2D eigenvalue weighted by Gasteiger charge is 2.05. The largest absolute Gasteiger partial charge is 0.493 e. The van der Waals surface area contributed by atoms with Crippen molar-refractivity contribution in [3.63, 3.8) is 0 Å². The van der Waals surface area contributed by atoms with E-state index < -0.39 is 0 Å². The highest BCUT2D eigenvalue weighted by molar-refractivity contribution is 5.43. The zero-order chi connectivity index (χ0) is 12.0. The Bertz CT molecular complexity index is 311. The van der Waals surface area contributed by atoms with Crippen molar-refractivity contribution in [2.45, 2.75) is 26.9 Å². The fraction of sp³-hybridized carbons (Fsp3) is 0.538. The van der Waals surface area contributed by atoms with Crippen LogP contribution in [0.3, 0.4) is 0 Å². The molecule has 0 bridgehead atoms. The van der Waals surface area contributed by atoms with E-state index in [1.54, 1.807) is 7.11 Å². The molecule has 0 saturated heterocycles.